The molecule has 0 radical (unpaired) electrons. The Labute approximate surface area is 84.2 Å². The molecule has 0 bridgehead atoms. The van der Waals surface area contributed by atoms with E-state index in [9.17, 15) is 4.79 Å². The molecule has 0 saturated heterocycles. The zero-order valence-electron chi connectivity index (χ0n) is 8.27. The number of carbonyl (C=O) groups is 1. The van der Waals surface area contributed by atoms with E-state index in [1.165, 1.54) is 0 Å². The molecule has 0 heterocycles. The van der Waals surface area contributed by atoms with Crippen molar-refractivity contribution < 1.29 is 9.53 Å². The molecule has 0 amide bonds. The molecule has 2 heteroatoms. The lowest BCUT2D eigenvalue weighted by Crippen LogP contribution is -2.12. The molecule has 0 fully saturated rings. The van der Waals surface area contributed by atoms with Crippen molar-refractivity contribution in [1.82, 2.24) is 0 Å². The van der Waals surface area contributed by atoms with Crippen LogP contribution in [0.2, 0.25) is 0 Å². The van der Waals surface area contributed by atoms with Crippen molar-refractivity contribution in [2.45, 2.75) is 13.5 Å². The van der Waals surface area contributed by atoms with Crippen molar-refractivity contribution >= 4 is 5.97 Å². The fraction of sp³-hybridized carbons (Fsp3) is 0.250. The van der Waals surface area contributed by atoms with Gasteiger partial charge >= 0.3 is 5.97 Å². The van der Waals surface area contributed by atoms with Crippen LogP contribution in [0.15, 0.2) is 43.0 Å². The van der Waals surface area contributed by atoms with Gasteiger partial charge < -0.3 is 4.74 Å². The average molecular weight is 190 g/mol. The molecule has 0 aliphatic rings. The van der Waals surface area contributed by atoms with Crippen molar-refractivity contribution in [3.05, 3.63) is 48.6 Å². The third-order valence-electron chi connectivity index (χ3n) is 1.95. The summed E-state index contributed by atoms with van der Waals surface area (Å²) in [6.45, 7) is 5.63. The molecule has 0 spiro atoms. The summed E-state index contributed by atoms with van der Waals surface area (Å²) in [5.74, 6) is -0.470. The Morgan fingerprint density at radius 1 is 1.50 bits per heavy atom. The van der Waals surface area contributed by atoms with E-state index in [1.54, 1.807) is 13.0 Å². The van der Waals surface area contributed by atoms with Crippen LogP contribution in [0.1, 0.15) is 12.5 Å². The Morgan fingerprint density at radius 3 is 2.71 bits per heavy atom. The third kappa shape index (κ3) is 3.05. The molecule has 74 valence electrons. The first-order valence-electron chi connectivity index (χ1n) is 4.57. The molecule has 0 N–H and O–H groups in total. The van der Waals surface area contributed by atoms with Gasteiger partial charge in [-0.2, -0.15) is 0 Å². The minimum absolute atomic E-state index is 0.233. The van der Waals surface area contributed by atoms with E-state index in [1.807, 2.05) is 30.3 Å². The molecule has 1 rings (SSSR count). The Hall–Kier alpha value is -1.57. The highest BCUT2D eigenvalue weighted by Gasteiger charge is 2.09. The molecule has 1 atom stereocenters. The Kier molecular flexibility index (Phi) is 3.92. The lowest BCUT2D eigenvalue weighted by molar-refractivity contribution is -0.147. The number of hydrogen-bond acceptors (Lipinski definition) is 2. The number of hydrogen-bond donors (Lipinski definition) is 0. The second-order valence-electron chi connectivity index (χ2n) is 3.12. The average Bonchev–Trinajstić information content (AvgIpc) is 2.26. The number of rotatable bonds is 4. The number of ether oxygens (including phenoxy) is 1. The molecular weight excluding hydrogens is 176 g/mol. The fourth-order valence-electron chi connectivity index (χ4n) is 0.956. The van der Waals surface area contributed by atoms with Gasteiger partial charge in [0, 0.05) is 0 Å². The van der Waals surface area contributed by atoms with E-state index in [0.717, 1.165) is 5.56 Å². The van der Waals surface area contributed by atoms with E-state index in [0.29, 0.717) is 6.61 Å². The van der Waals surface area contributed by atoms with Crippen molar-refractivity contribution in [3.8, 4) is 0 Å². The van der Waals surface area contributed by atoms with Crippen LogP contribution in [0.4, 0.5) is 0 Å². The standard InChI is InChI=1S/C12H14O2/c1-3-10(2)12(13)14-9-11-7-5-4-6-8-11/h3-8,10H,1,9H2,2H3/t10-/m0/s1. The molecule has 2 nitrogen and oxygen atoms in total. The van der Waals surface area contributed by atoms with E-state index in [2.05, 4.69) is 6.58 Å². The minimum atomic E-state index is -0.237. The van der Waals surface area contributed by atoms with Crippen LogP contribution in [-0.4, -0.2) is 5.97 Å². The number of esters is 1. The van der Waals surface area contributed by atoms with Gasteiger partial charge in [-0.1, -0.05) is 36.4 Å². The SMILES string of the molecule is C=C[C@H](C)C(=O)OCc1ccccc1. The third-order valence-corrected chi connectivity index (χ3v) is 1.95. The van der Waals surface area contributed by atoms with Gasteiger partial charge in [0.05, 0.1) is 5.92 Å². The van der Waals surface area contributed by atoms with Gasteiger partial charge in [-0.25, -0.2) is 0 Å². The van der Waals surface area contributed by atoms with Crippen LogP contribution in [0.25, 0.3) is 0 Å². The van der Waals surface area contributed by atoms with Crippen LogP contribution >= 0.6 is 0 Å². The smallest absolute Gasteiger partial charge is 0.312 e. The molecule has 0 aliphatic heterocycles. The minimum Gasteiger partial charge on any atom is -0.460 e. The Bertz CT molecular complexity index is 303. The zero-order chi connectivity index (χ0) is 10.4. The van der Waals surface area contributed by atoms with Crippen LogP contribution < -0.4 is 0 Å². The van der Waals surface area contributed by atoms with Crippen LogP contribution in [0, 0.1) is 5.92 Å². The maximum absolute atomic E-state index is 11.3. The van der Waals surface area contributed by atoms with Gasteiger partial charge in [0.15, 0.2) is 0 Å². The summed E-state index contributed by atoms with van der Waals surface area (Å²) in [5, 5.41) is 0. The van der Waals surface area contributed by atoms with E-state index in [4.69, 9.17) is 4.74 Å². The van der Waals surface area contributed by atoms with Crippen molar-refractivity contribution in [2.75, 3.05) is 0 Å². The van der Waals surface area contributed by atoms with Gasteiger partial charge in [0.1, 0.15) is 6.61 Å². The molecule has 0 unspecified atom stereocenters. The van der Waals surface area contributed by atoms with Gasteiger partial charge in [-0.3, -0.25) is 4.79 Å². The normalized spacial score (nSPS) is 11.8. The first kappa shape index (κ1) is 10.5. The molecule has 0 aliphatic carbocycles. The Morgan fingerprint density at radius 2 is 2.14 bits per heavy atom. The predicted molar refractivity (Wildman–Crippen MR) is 55.6 cm³/mol. The lowest BCUT2D eigenvalue weighted by atomic mass is 10.2. The second-order valence-corrected chi connectivity index (χ2v) is 3.12. The molecule has 0 aromatic heterocycles. The largest absolute Gasteiger partial charge is 0.460 e. The first-order chi connectivity index (χ1) is 6.74. The molecule has 14 heavy (non-hydrogen) atoms. The highest BCUT2D eigenvalue weighted by atomic mass is 16.5. The van der Waals surface area contributed by atoms with Gasteiger partial charge in [0.2, 0.25) is 0 Å². The summed E-state index contributed by atoms with van der Waals surface area (Å²) in [7, 11) is 0. The summed E-state index contributed by atoms with van der Waals surface area (Å²) in [6, 6.07) is 9.61. The summed E-state index contributed by atoms with van der Waals surface area (Å²) >= 11 is 0. The second kappa shape index (κ2) is 5.22. The molecule has 1 aromatic carbocycles. The van der Waals surface area contributed by atoms with Gasteiger partial charge in [-0.05, 0) is 12.5 Å². The van der Waals surface area contributed by atoms with Gasteiger partial charge in [-0.15, -0.1) is 6.58 Å². The summed E-state index contributed by atoms with van der Waals surface area (Å²) in [5.41, 5.74) is 0.997. The van der Waals surface area contributed by atoms with E-state index < -0.39 is 0 Å². The van der Waals surface area contributed by atoms with E-state index in [-0.39, 0.29) is 11.9 Å². The van der Waals surface area contributed by atoms with Crippen molar-refractivity contribution in [3.63, 3.8) is 0 Å². The number of carbonyl (C=O) groups excluding carboxylic acids is 1. The van der Waals surface area contributed by atoms with Crippen molar-refractivity contribution in [1.29, 1.82) is 0 Å². The monoisotopic (exact) mass is 190 g/mol. The maximum atomic E-state index is 11.3. The molecule has 0 saturated carbocycles. The quantitative estimate of drug-likeness (QED) is 0.538. The predicted octanol–water partition coefficient (Wildman–Crippen LogP) is 2.55. The highest BCUT2D eigenvalue weighted by Crippen LogP contribution is 2.04. The molecular formula is C12H14O2. The lowest BCUT2D eigenvalue weighted by Gasteiger charge is -2.07. The van der Waals surface area contributed by atoms with E-state index >= 15 is 0 Å². The summed E-state index contributed by atoms with van der Waals surface area (Å²) in [4.78, 5) is 11.3. The summed E-state index contributed by atoms with van der Waals surface area (Å²) < 4.78 is 5.07. The highest BCUT2D eigenvalue weighted by molar-refractivity contribution is 5.73. The first-order valence-corrected chi connectivity index (χ1v) is 4.57. The maximum Gasteiger partial charge on any atom is 0.312 e. The zero-order valence-corrected chi connectivity index (χ0v) is 8.27. The van der Waals surface area contributed by atoms with Gasteiger partial charge in [0.25, 0.3) is 0 Å². The fourth-order valence-corrected chi connectivity index (χ4v) is 0.956. The topological polar surface area (TPSA) is 26.3 Å². The summed E-state index contributed by atoms with van der Waals surface area (Å²) in [6.07, 6.45) is 1.58. The molecule has 1 aromatic rings. The van der Waals surface area contributed by atoms with Crippen LogP contribution in [0.3, 0.4) is 0 Å². The Balaban J connectivity index is 2.42. The number of benzene rings is 1. The van der Waals surface area contributed by atoms with Crippen molar-refractivity contribution in [2.24, 2.45) is 5.92 Å². The van der Waals surface area contributed by atoms with Crippen LogP contribution in [-0.2, 0) is 16.1 Å². The van der Waals surface area contributed by atoms with Crippen LogP contribution in [0.5, 0.6) is 0 Å².